The number of hydrogen-bond donors (Lipinski definition) is 3. The number of methoxy groups -OCH3 is 1. The molecule has 2 heterocycles. The fourth-order valence-electron chi connectivity index (χ4n) is 5.67. The van der Waals surface area contributed by atoms with Gasteiger partial charge in [0.25, 0.3) is 5.91 Å². The number of amides is 3. The number of hydrogen-bond acceptors (Lipinski definition) is 7. The SMILES string of the molecule is COC1=C(NC(=O)Nc2ccc(Oc3ccnc(C(=O)N4CCN(C)CC4)c3)c3ccccc23)C=C(C(C)(C)C)CC1[NH][Sn]([CH3])=[O]. The Balaban J connectivity index is 1.36. The summed E-state index contributed by atoms with van der Waals surface area (Å²) in [4.78, 5) is 36.6. The number of aromatic nitrogens is 1. The molecule has 242 valence electrons. The van der Waals surface area contributed by atoms with Crippen molar-refractivity contribution in [1.29, 1.82) is 0 Å². The van der Waals surface area contributed by atoms with Crippen molar-refractivity contribution >= 4 is 48.4 Å². The first-order valence-corrected chi connectivity index (χ1v) is 20.9. The zero-order valence-corrected chi connectivity index (χ0v) is 30.1. The number of nitrogens with zero attached hydrogens (tertiary/aromatic N) is 3. The van der Waals surface area contributed by atoms with Crippen LogP contribution in [0.1, 0.15) is 37.7 Å². The number of pyridine rings is 1. The van der Waals surface area contributed by atoms with Gasteiger partial charge in [-0.05, 0) is 13.1 Å². The Hall–Kier alpha value is -3.81. The van der Waals surface area contributed by atoms with Gasteiger partial charge in [-0.3, -0.25) is 9.78 Å². The Morgan fingerprint density at radius 1 is 1.00 bits per heavy atom. The average Bonchev–Trinajstić information content (AvgIpc) is 3.01. The number of piperazine rings is 1. The van der Waals surface area contributed by atoms with E-state index in [1.807, 2.05) is 42.3 Å². The molecule has 46 heavy (non-hydrogen) atoms. The summed E-state index contributed by atoms with van der Waals surface area (Å²) in [6.45, 7) is 9.31. The van der Waals surface area contributed by atoms with Crippen LogP contribution < -0.4 is 18.9 Å². The second-order valence-corrected chi connectivity index (χ2v) is 16.7. The zero-order valence-electron chi connectivity index (χ0n) is 27.3. The second-order valence-electron chi connectivity index (χ2n) is 12.7. The molecule has 3 aromatic rings. The summed E-state index contributed by atoms with van der Waals surface area (Å²) in [5, 5.41) is 7.52. The van der Waals surface area contributed by atoms with Crippen LogP contribution in [0, 0.1) is 5.41 Å². The number of nitrogens with one attached hydrogen (secondary N) is 3. The summed E-state index contributed by atoms with van der Waals surface area (Å²) in [7, 11) is 3.60. The molecular formula is C34H42N6O5Sn. The quantitative estimate of drug-likeness (QED) is 0.268. The van der Waals surface area contributed by atoms with E-state index in [0.717, 1.165) is 29.4 Å². The fourth-order valence-corrected chi connectivity index (χ4v) is 7.74. The Morgan fingerprint density at radius 2 is 1.72 bits per heavy atom. The van der Waals surface area contributed by atoms with Gasteiger partial charge >= 0.3 is 190 Å². The van der Waals surface area contributed by atoms with E-state index >= 15 is 0 Å². The zero-order chi connectivity index (χ0) is 33.0. The van der Waals surface area contributed by atoms with E-state index in [2.05, 4.69) is 44.8 Å². The predicted octanol–water partition coefficient (Wildman–Crippen LogP) is 5.28. The van der Waals surface area contributed by atoms with E-state index in [-0.39, 0.29) is 17.4 Å². The molecule has 0 saturated carbocycles. The first-order chi connectivity index (χ1) is 21.9. The summed E-state index contributed by atoms with van der Waals surface area (Å²) < 4.78 is 27.4. The monoisotopic (exact) mass is 734 g/mol. The van der Waals surface area contributed by atoms with Gasteiger partial charge in [0.05, 0.1) is 0 Å². The van der Waals surface area contributed by atoms with E-state index in [1.54, 1.807) is 42.5 Å². The Labute approximate surface area is 277 Å². The molecule has 2 aliphatic rings. The molecule has 3 amide bonds. The summed E-state index contributed by atoms with van der Waals surface area (Å²) in [5.41, 5.74) is 2.42. The molecular weight excluding hydrogens is 691 g/mol. The van der Waals surface area contributed by atoms with Crippen LogP contribution in [0.15, 0.2) is 77.8 Å². The van der Waals surface area contributed by atoms with Crippen molar-refractivity contribution in [3.05, 3.63) is 83.5 Å². The van der Waals surface area contributed by atoms with Crippen molar-refractivity contribution in [3.63, 3.8) is 0 Å². The number of allylic oxidation sites excluding steroid dienone is 1. The third-order valence-corrected chi connectivity index (χ3v) is 10.4. The van der Waals surface area contributed by atoms with Crippen molar-refractivity contribution in [3.8, 4) is 11.5 Å². The van der Waals surface area contributed by atoms with E-state index in [0.29, 0.717) is 53.8 Å². The van der Waals surface area contributed by atoms with E-state index in [9.17, 15) is 12.7 Å². The molecule has 1 aromatic heterocycles. The van der Waals surface area contributed by atoms with E-state index in [1.165, 1.54) is 0 Å². The number of fused-ring (bicyclic) bond motifs is 1. The van der Waals surface area contributed by atoms with Crippen LogP contribution in [0.5, 0.6) is 11.5 Å². The standard InChI is InChI=1S/C33H39N6O4.CH3.O.Sn/c1-33(2,3)21-18-25(34)30(42-5)27(19-21)37-32(41)36-26-10-11-29(24-9-7-6-8-23(24)26)43-22-12-13-35-28(20-22)31(40)39-16-14-38(4)15-17-39;;;/h6-13,19-20,25,34H,14-18H2,1-5H3,(H2,36,37,41);1H3;;/q-1;;;+1. The molecule has 11 nitrogen and oxygen atoms in total. The molecule has 2 aromatic carbocycles. The summed E-state index contributed by atoms with van der Waals surface area (Å²) in [6, 6.07) is 13.9. The molecule has 1 fully saturated rings. The predicted molar refractivity (Wildman–Crippen MR) is 179 cm³/mol. The van der Waals surface area contributed by atoms with Crippen LogP contribution in [-0.2, 0) is 7.81 Å². The van der Waals surface area contributed by atoms with Crippen LogP contribution in [0.3, 0.4) is 0 Å². The molecule has 5 rings (SSSR count). The van der Waals surface area contributed by atoms with Gasteiger partial charge in [-0.25, -0.2) is 0 Å². The van der Waals surface area contributed by atoms with Crippen molar-refractivity contribution in [2.24, 2.45) is 5.41 Å². The third-order valence-electron chi connectivity index (χ3n) is 8.23. The normalized spacial score (nSPS) is 17.4. The number of anilines is 1. The molecule has 1 aliphatic heterocycles. The van der Waals surface area contributed by atoms with Crippen molar-refractivity contribution in [2.75, 3.05) is 45.7 Å². The van der Waals surface area contributed by atoms with E-state index in [4.69, 9.17) is 9.47 Å². The fraction of sp³-hybridized carbons (Fsp3) is 0.382. The minimum absolute atomic E-state index is 0.115. The van der Waals surface area contributed by atoms with Gasteiger partial charge in [-0.15, -0.1) is 0 Å². The van der Waals surface area contributed by atoms with Crippen LogP contribution in [0.25, 0.3) is 10.8 Å². The maximum atomic E-state index is 13.4. The number of benzene rings is 2. The Morgan fingerprint density at radius 3 is 2.39 bits per heavy atom. The number of carbonyl (C=O) groups excluding carboxylic acids is 2. The van der Waals surface area contributed by atoms with Gasteiger partial charge in [0.1, 0.15) is 11.4 Å². The number of rotatable bonds is 8. The summed E-state index contributed by atoms with van der Waals surface area (Å²) in [5.74, 6) is 1.51. The van der Waals surface area contributed by atoms with Gasteiger partial charge in [0.2, 0.25) is 0 Å². The molecule has 12 heteroatoms. The Bertz CT molecular complexity index is 1710. The van der Waals surface area contributed by atoms with Gasteiger partial charge in [0.15, 0.2) is 0 Å². The third kappa shape index (κ3) is 7.94. The summed E-state index contributed by atoms with van der Waals surface area (Å²) in [6.07, 6.45) is 4.18. The van der Waals surface area contributed by atoms with Crippen LogP contribution >= 0.6 is 0 Å². The molecule has 0 spiro atoms. The van der Waals surface area contributed by atoms with Crippen molar-refractivity contribution < 1.29 is 22.1 Å². The molecule has 0 radical (unpaired) electrons. The minimum atomic E-state index is -2.95. The van der Waals surface area contributed by atoms with Gasteiger partial charge in [-0.2, -0.15) is 0 Å². The first-order valence-electron chi connectivity index (χ1n) is 15.4. The number of ether oxygens (including phenoxy) is 2. The average molecular weight is 733 g/mol. The number of carbonyl (C=O) groups is 2. The molecule has 0 bridgehead atoms. The Kier molecular flexibility index (Phi) is 10.4. The molecule has 1 aliphatic carbocycles. The topological polar surface area (TPSA) is 125 Å². The summed E-state index contributed by atoms with van der Waals surface area (Å²) >= 11 is -2.95. The second kappa shape index (κ2) is 14.3. The molecule has 1 atom stereocenters. The van der Waals surface area contributed by atoms with Crippen LogP contribution in [0.4, 0.5) is 10.5 Å². The van der Waals surface area contributed by atoms with Crippen molar-refractivity contribution in [2.45, 2.75) is 38.2 Å². The molecule has 1 unspecified atom stereocenters. The van der Waals surface area contributed by atoms with Crippen LogP contribution in [0.2, 0.25) is 4.94 Å². The molecule has 1 saturated heterocycles. The van der Waals surface area contributed by atoms with E-state index < -0.39 is 26.1 Å². The van der Waals surface area contributed by atoms with Gasteiger partial charge < -0.3 is 9.80 Å². The van der Waals surface area contributed by atoms with Crippen molar-refractivity contribution in [1.82, 2.24) is 23.6 Å². The molecule has 3 N–H and O–H groups in total. The van der Waals surface area contributed by atoms with Gasteiger partial charge in [-0.1, -0.05) is 0 Å². The maximum absolute atomic E-state index is 13.4. The first kappa shape index (κ1) is 33.5. The van der Waals surface area contributed by atoms with Gasteiger partial charge in [0, 0.05) is 38.4 Å². The number of likely N-dealkylation sites (N-methyl/N-ethyl adjacent to an activating group) is 1. The number of urea groups is 1. The van der Waals surface area contributed by atoms with Crippen LogP contribution in [-0.4, -0.2) is 93.1 Å².